The third kappa shape index (κ3) is 4.68. The molecule has 0 bridgehead atoms. The maximum atomic E-state index is 4.94. The third-order valence-electron chi connectivity index (χ3n) is 12.1. The van der Waals surface area contributed by atoms with Gasteiger partial charge in [-0.05, 0) is 72.5 Å². The van der Waals surface area contributed by atoms with Crippen molar-refractivity contribution in [2.75, 3.05) is 0 Å². The minimum Gasteiger partial charge on any atom is -0.208 e. The molecule has 0 saturated heterocycles. The van der Waals surface area contributed by atoms with Gasteiger partial charge in [0.25, 0.3) is 0 Å². The second kappa shape index (κ2) is 11.2. The standard InChI is InChI=1S/C48H41N3/c1-46(2)40-29-34(25-26-35(40)36-27-28-39-41(42(36)46)37-19-13-14-20-38(37)47(3,4)48(39,5)6)30-21-23-33(24-22-30)45-50-43(31-15-9-7-10-16-31)49-44(51-45)32-17-11-8-12-18-32/h7-29H,1-6H3. The molecular formula is C48H41N3. The van der Waals surface area contributed by atoms with Crippen LogP contribution in [0.15, 0.2) is 140 Å². The van der Waals surface area contributed by atoms with Gasteiger partial charge in [0.05, 0.1) is 0 Å². The summed E-state index contributed by atoms with van der Waals surface area (Å²) in [5.74, 6) is 2.00. The quantitative estimate of drug-likeness (QED) is 0.189. The predicted octanol–water partition coefficient (Wildman–Crippen LogP) is 12.1. The number of hydrogen-bond acceptors (Lipinski definition) is 3. The molecule has 2 aliphatic carbocycles. The van der Waals surface area contributed by atoms with Gasteiger partial charge in [-0.25, -0.2) is 15.0 Å². The molecule has 7 aromatic rings. The first kappa shape index (κ1) is 31.3. The van der Waals surface area contributed by atoms with Crippen LogP contribution < -0.4 is 0 Å². The average Bonchev–Trinajstić information content (AvgIpc) is 3.40. The number of nitrogens with zero attached hydrogens (tertiary/aromatic N) is 3. The number of fused-ring (bicyclic) bond motifs is 7. The van der Waals surface area contributed by atoms with E-state index in [-0.39, 0.29) is 16.2 Å². The first-order chi connectivity index (χ1) is 24.6. The Balaban J connectivity index is 1.11. The fraction of sp³-hybridized carbons (Fsp3) is 0.188. The van der Waals surface area contributed by atoms with Crippen LogP contribution in [0.1, 0.15) is 63.8 Å². The van der Waals surface area contributed by atoms with Crippen LogP contribution in [0, 0.1) is 0 Å². The summed E-state index contributed by atoms with van der Waals surface area (Å²) >= 11 is 0. The van der Waals surface area contributed by atoms with E-state index in [1.165, 1.54) is 55.6 Å². The van der Waals surface area contributed by atoms with Gasteiger partial charge < -0.3 is 0 Å². The lowest BCUT2D eigenvalue weighted by Crippen LogP contribution is -2.44. The third-order valence-corrected chi connectivity index (χ3v) is 12.1. The summed E-state index contributed by atoms with van der Waals surface area (Å²) in [6, 6.07) is 49.9. The molecule has 0 fully saturated rings. The van der Waals surface area contributed by atoms with E-state index in [1.54, 1.807) is 0 Å². The number of benzene rings is 6. The molecule has 0 N–H and O–H groups in total. The van der Waals surface area contributed by atoms with E-state index >= 15 is 0 Å². The summed E-state index contributed by atoms with van der Waals surface area (Å²) < 4.78 is 0. The minimum absolute atomic E-state index is 0.00723. The Kier molecular flexibility index (Phi) is 6.86. The van der Waals surface area contributed by atoms with Crippen molar-refractivity contribution in [1.82, 2.24) is 15.0 Å². The molecule has 1 aromatic heterocycles. The fourth-order valence-electron chi connectivity index (χ4n) is 8.56. The van der Waals surface area contributed by atoms with E-state index < -0.39 is 0 Å². The molecule has 0 amide bonds. The fourth-order valence-corrected chi connectivity index (χ4v) is 8.56. The summed E-state index contributed by atoms with van der Waals surface area (Å²) in [6.07, 6.45) is 0. The summed E-state index contributed by atoms with van der Waals surface area (Å²) in [4.78, 5) is 14.7. The van der Waals surface area contributed by atoms with Crippen molar-refractivity contribution in [3.05, 3.63) is 162 Å². The van der Waals surface area contributed by atoms with Crippen LogP contribution >= 0.6 is 0 Å². The summed E-state index contributed by atoms with van der Waals surface area (Å²) in [7, 11) is 0. The first-order valence-electron chi connectivity index (χ1n) is 18.0. The number of rotatable bonds is 4. The zero-order valence-corrected chi connectivity index (χ0v) is 30.1. The smallest absolute Gasteiger partial charge is 0.164 e. The zero-order valence-electron chi connectivity index (χ0n) is 30.1. The van der Waals surface area contributed by atoms with Crippen molar-refractivity contribution in [3.63, 3.8) is 0 Å². The molecule has 0 aliphatic heterocycles. The molecular weight excluding hydrogens is 619 g/mol. The normalized spacial score (nSPS) is 15.7. The van der Waals surface area contributed by atoms with Gasteiger partial charge >= 0.3 is 0 Å². The Labute approximate surface area is 301 Å². The molecule has 9 rings (SSSR count). The van der Waals surface area contributed by atoms with E-state index in [4.69, 9.17) is 15.0 Å². The highest BCUT2D eigenvalue weighted by molar-refractivity contribution is 5.93. The molecule has 3 nitrogen and oxygen atoms in total. The monoisotopic (exact) mass is 659 g/mol. The van der Waals surface area contributed by atoms with Crippen LogP contribution in [0.3, 0.4) is 0 Å². The Morgan fingerprint density at radius 3 is 1.43 bits per heavy atom. The Morgan fingerprint density at radius 2 is 0.824 bits per heavy atom. The highest BCUT2D eigenvalue weighted by atomic mass is 15.0. The van der Waals surface area contributed by atoms with Gasteiger partial charge in [0.1, 0.15) is 0 Å². The molecule has 0 unspecified atom stereocenters. The van der Waals surface area contributed by atoms with Crippen molar-refractivity contribution in [3.8, 4) is 67.5 Å². The van der Waals surface area contributed by atoms with Crippen molar-refractivity contribution in [2.24, 2.45) is 0 Å². The molecule has 248 valence electrons. The minimum atomic E-state index is -0.164. The molecule has 3 heteroatoms. The van der Waals surface area contributed by atoms with Gasteiger partial charge in [-0.15, -0.1) is 0 Å². The Bertz CT molecular complexity index is 2410. The molecule has 2 aliphatic rings. The molecule has 0 saturated carbocycles. The molecule has 1 heterocycles. The summed E-state index contributed by atoms with van der Waals surface area (Å²) in [5.41, 5.74) is 16.3. The Hall–Kier alpha value is -5.67. The predicted molar refractivity (Wildman–Crippen MR) is 211 cm³/mol. The average molecular weight is 660 g/mol. The van der Waals surface area contributed by atoms with E-state index in [0.29, 0.717) is 17.5 Å². The topological polar surface area (TPSA) is 38.7 Å². The molecule has 0 radical (unpaired) electrons. The maximum Gasteiger partial charge on any atom is 0.164 e. The van der Waals surface area contributed by atoms with Gasteiger partial charge in [-0.1, -0.05) is 175 Å². The lowest BCUT2D eigenvalue weighted by molar-refractivity contribution is 0.298. The number of hydrogen-bond donors (Lipinski definition) is 0. The van der Waals surface area contributed by atoms with Gasteiger partial charge in [0.2, 0.25) is 0 Å². The van der Waals surface area contributed by atoms with E-state index in [2.05, 4.69) is 120 Å². The molecule has 0 spiro atoms. The molecule has 0 atom stereocenters. The highest BCUT2D eigenvalue weighted by Crippen LogP contribution is 2.60. The van der Waals surface area contributed by atoms with Gasteiger partial charge in [0, 0.05) is 22.1 Å². The van der Waals surface area contributed by atoms with E-state index in [1.807, 2.05) is 60.7 Å². The molecule has 6 aromatic carbocycles. The molecule has 51 heavy (non-hydrogen) atoms. The zero-order chi connectivity index (χ0) is 35.1. The lowest BCUT2D eigenvalue weighted by atomic mass is 9.54. The van der Waals surface area contributed by atoms with Gasteiger partial charge in [-0.2, -0.15) is 0 Å². The highest BCUT2D eigenvalue weighted by Gasteiger charge is 2.49. The lowest BCUT2D eigenvalue weighted by Gasteiger charge is -2.49. The van der Waals surface area contributed by atoms with Gasteiger partial charge in [-0.3, -0.25) is 0 Å². The SMILES string of the molecule is CC1(C)c2cc(-c3ccc(-c4nc(-c5ccccc5)nc(-c5ccccc5)n4)cc3)ccc2-c2ccc3c(c21)-c1ccccc1C(C)(C)C3(C)C. The van der Waals surface area contributed by atoms with Gasteiger partial charge in [0.15, 0.2) is 17.5 Å². The van der Waals surface area contributed by atoms with Crippen molar-refractivity contribution in [2.45, 2.75) is 57.8 Å². The van der Waals surface area contributed by atoms with Crippen molar-refractivity contribution in [1.29, 1.82) is 0 Å². The Morgan fingerprint density at radius 1 is 0.353 bits per heavy atom. The van der Waals surface area contributed by atoms with E-state index in [0.717, 1.165) is 16.7 Å². The van der Waals surface area contributed by atoms with Crippen molar-refractivity contribution < 1.29 is 0 Å². The van der Waals surface area contributed by atoms with Crippen LogP contribution in [0.25, 0.3) is 67.5 Å². The second-order valence-electron chi connectivity index (χ2n) is 15.7. The van der Waals surface area contributed by atoms with Crippen LogP contribution in [-0.2, 0) is 16.2 Å². The summed E-state index contributed by atoms with van der Waals surface area (Å²) in [5, 5.41) is 0. The largest absolute Gasteiger partial charge is 0.208 e. The maximum absolute atomic E-state index is 4.94. The van der Waals surface area contributed by atoms with Crippen LogP contribution in [-0.4, -0.2) is 15.0 Å². The van der Waals surface area contributed by atoms with Crippen LogP contribution in [0.4, 0.5) is 0 Å². The first-order valence-corrected chi connectivity index (χ1v) is 18.0. The second-order valence-corrected chi connectivity index (χ2v) is 15.7. The van der Waals surface area contributed by atoms with Crippen molar-refractivity contribution >= 4 is 0 Å². The number of aromatic nitrogens is 3. The van der Waals surface area contributed by atoms with Crippen LogP contribution in [0.5, 0.6) is 0 Å². The van der Waals surface area contributed by atoms with Crippen LogP contribution in [0.2, 0.25) is 0 Å². The summed E-state index contributed by atoms with van der Waals surface area (Å²) in [6.45, 7) is 14.5. The van der Waals surface area contributed by atoms with E-state index in [9.17, 15) is 0 Å².